The lowest BCUT2D eigenvalue weighted by Gasteiger charge is -2.09. The van der Waals surface area contributed by atoms with E-state index in [1.165, 1.54) is 23.5 Å². The van der Waals surface area contributed by atoms with E-state index in [1.807, 2.05) is 0 Å². The number of nitriles is 1. The van der Waals surface area contributed by atoms with Gasteiger partial charge in [-0.05, 0) is 40.8 Å². The summed E-state index contributed by atoms with van der Waals surface area (Å²) >= 11 is 1.37. The minimum absolute atomic E-state index is 0.0624. The third-order valence-electron chi connectivity index (χ3n) is 3.60. The molecule has 0 unspecified atom stereocenters. The van der Waals surface area contributed by atoms with E-state index in [2.05, 4.69) is 11.1 Å². The molecule has 2 heterocycles. The SMILES string of the molecule is N#Cc1c(-c2ccc(O)cc2)cc(-c2cc(CC(=O)O)cs2)nc1N. The molecule has 0 bridgehead atoms. The largest absolute Gasteiger partial charge is 0.508 e. The maximum atomic E-state index is 10.8. The number of phenols is 1. The average molecular weight is 351 g/mol. The van der Waals surface area contributed by atoms with Gasteiger partial charge in [-0.1, -0.05) is 12.1 Å². The molecule has 1 aromatic carbocycles. The van der Waals surface area contributed by atoms with Crippen molar-refractivity contribution in [3.8, 4) is 33.5 Å². The fraction of sp³-hybridized carbons (Fsp3) is 0.0556. The summed E-state index contributed by atoms with van der Waals surface area (Å²) in [5.74, 6) is -0.668. The molecule has 0 saturated carbocycles. The molecule has 4 N–H and O–H groups in total. The molecule has 0 aliphatic rings. The Morgan fingerprint density at radius 3 is 2.64 bits per heavy atom. The molecule has 2 aromatic heterocycles. The Bertz CT molecular complexity index is 988. The Morgan fingerprint density at radius 1 is 1.28 bits per heavy atom. The summed E-state index contributed by atoms with van der Waals surface area (Å²) in [4.78, 5) is 15.9. The number of hydrogen-bond acceptors (Lipinski definition) is 6. The Balaban J connectivity index is 2.10. The minimum atomic E-state index is -0.901. The lowest BCUT2D eigenvalue weighted by atomic mass is 10.00. The second-order valence-electron chi connectivity index (χ2n) is 5.36. The Morgan fingerprint density at radius 2 is 2.00 bits per heavy atom. The molecule has 0 aliphatic heterocycles. The molecule has 0 aliphatic carbocycles. The van der Waals surface area contributed by atoms with Gasteiger partial charge in [0.25, 0.3) is 0 Å². The zero-order chi connectivity index (χ0) is 18.0. The molecule has 3 rings (SSSR count). The van der Waals surface area contributed by atoms with Crippen LogP contribution in [-0.2, 0) is 11.2 Å². The van der Waals surface area contributed by atoms with Crippen LogP contribution in [0.15, 0.2) is 41.8 Å². The molecule has 124 valence electrons. The van der Waals surface area contributed by atoms with Crippen molar-refractivity contribution in [3.05, 3.63) is 52.9 Å². The summed E-state index contributed by atoms with van der Waals surface area (Å²) in [5.41, 5.74) is 8.81. The standard InChI is InChI=1S/C18H13N3O3S/c19-8-14-13(11-1-3-12(22)4-2-11)7-15(21-18(14)20)16-5-10(9-25-16)6-17(23)24/h1-5,7,9,22H,6H2,(H2,20,21)(H,23,24). The lowest BCUT2D eigenvalue weighted by molar-refractivity contribution is -0.136. The van der Waals surface area contributed by atoms with E-state index in [0.29, 0.717) is 16.8 Å². The number of nitrogens with zero attached hydrogens (tertiary/aromatic N) is 2. The van der Waals surface area contributed by atoms with Crippen molar-refractivity contribution < 1.29 is 15.0 Å². The molecule has 0 saturated heterocycles. The van der Waals surface area contributed by atoms with Crippen molar-refractivity contribution in [1.82, 2.24) is 4.98 Å². The maximum Gasteiger partial charge on any atom is 0.307 e. The van der Waals surface area contributed by atoms with Gasteiger partial charge < -0.3 is 15.9 Å². The Kier molecular flexibility index (Phi) is 4.37. The van der Waals surface area contributed by atoms with Gasteiger partial charge in [0.2, 0.25) is 0 Å². The number of phenolic OH excluding ortho intramolecular Hbond substituents is 1. The van der Waals surface area contributed by atoms with Gasteiger partial charge in [-0.15, -0.1) is 11.3 Å². The van der Waals surface area contributed by atoms with Crippen LogP contribution >= 0.6 is 11.3 Å². The smallest absolute Gasteiger partial charge is 0.307 e. The zero-order valence-electron chi connectivity index (χ0n) is 12.9. The van der Waals surface area contributed by atoms with Crippen LogP contribution in [0.25, 0.3) is 21.7 Å². The average Bonchev–Trinajstić information content (AvgIpc) is 3.02. The third-order valence-corrected chi connectivity index (χ3v) is 4.60. The summed E-state index contributed by atoms with van der Waals surface area (Å²) in [6, 6.07) is 12.0. The topological polar surface area (TPSA) is 120 Å². The van der Waals surface area contributed by atoms with Gasteiger partial charge in [-0.25, -0.2) is 4.98 Å². The number of hydrogen-bond donors (Lipinski definition) is 3. The molecular formula is C18H13N3O3S. The fourth-order valence-electron chi connectivity index (χ4n) is 2.45. The van der Waals surface area contributed by atoms with Crippen molar-refractivity contribution in [1.29, 1.82) is 5.26 Å². The quantitative estimate of drug-likeness (QED) is 0.663. The van der Waals surface area contributed by atoms with Crippen molar-refractivity contribution >= 4 is 23.1 Å². The summed E-state index contributed by atoms with van der Waals surface area (Å²) in [5, 5.41) is 29.5. The first-order chi connectivity index (χ1) is 12.0. The molecule has 0 radical (unpaired) electrons. The van der Waals surface area contributed by atoms with Gasteiger partial charge in [0, 0.05) is 5.56 Å². The number of rotatable bonds is 4. The van der Waals surface area contributed by atoms with Crippen LogP contribution in [0, 0.1) is 11.3 Å². The number of carboxylic acids is 1. The van der Waals surface area contributed by atoms with Crippen LogP contribution in [0.2, 0.25) is 0 Å². The van der Waals surface area contributed by atoms with Crippen molar-refractivity contribution in [2.24, 2.45) is 0 Å². The van der Waals surface area contributed by atoms with Crippen molar-refractivity contribution in [2.45, 2.75) is 6.42 Å². The summed E-state index contributed by atoms with van der Waals surface area (Å²) in [7, 11) is 0. The molecule has 0 atom stereocenters. The molecule has 0 amide bonds. The molecule has 3 aromatic rings. The number of nitrogen functional groups attached to an aromatic ring is 1. The maximum absolute atomic E-state index is 10.8. The predicted octanol–water partition coefficient (Wildman–Crippen LogP) is 3.26. The molecule has 7 heteroatoms. The number of carbonyl (C=O) groups is 1. The first kappa shape index (κ1) is 16.5. The van der Waals surface area contributed by atoms with Gasteiger partial charge in [0.15, 0.2) is 0 Å². The van der Waals surface area contributed by atoms with Gasteiger partial charge in [0.1, 0.15) is 23.2 Å². The monoisotopic (exact) mass is 351 g/mol. The number of anilines is 1. The highest BCUT2D eigenvalue weighted by Gasteiger charge is 2.15. The number of nitrogens with two attached hydrogens (primary N) is 1. The number of thiophene rings is 1. The molecule has 25 heavy (non-hydrogen) atoms. The van der Waals surface area contributed by atoms with E-state index >= 15 is 0 Å². The van der Waals surface area contributed by atoms with Crippen LogP contribution in [0.1, 0.15) is 11.1 Å². The summed E-state index contributed by atoms with van der Waals surface area (Å²) in [6.07, 6.45) is -0.0624. The Hall–Kier alpha value is -3.37. The van der Waals surface area contributed by atoms with Crippen molar-refractivity contribution in [3.63, 3.8) is 0 Å². The number of carboxylic acid groups (broad SMARTS) is 1. The van der Waals surface area contributed by atoms with Crippen LogP contribution in [0.5, 0.6) is 5.75 Å². The van der Waals surface area contributed by atoms with E-state index in [9.17, 15) is 15.2 Å². The van der Waals surface area contributed by atoms with Gasteiger partial charge in [0.05, 0.1) is 17.0 Å². The third kappa shape index (κ3) is 3.44. The second-order valence-corrected chi connectivity index (χ2v) is 6.27. The zero-order valence-corrected chi connectivity index (χ0v) is 13.7. The fourth-order valence-corrected chi connectivity index (χ4v) is 3.33. The number of aromatic hydroxyl groups is 1. The van der Waals surface area contributed by atoms with Crippen LogP contribution in [0.4, 0.5) is 5.82 Å². The highest BCUT2D eigenvalue weighted by Crippen LogP contribution is 2.34. The van der Waals surface area contributed by atoms with E-state index in [1.54, 1.807) is 29.6 Å². The van der Waals surface area contributed by atoms with Gasteiger partial charge >= 0.3 is 5.97 Å². The normalized spacial score (nSPS) is 10.4. The number of aliphatic carboxylic acids is 1. The Labute approximate surface area is 147 Å². The van der Waals surface area contributed by atoms with Gasteiger partial charge in [-0.2, -0.15) is 5.26 Å². The van der Waals surface area contributed by atoms with E-state index in [4.69, 9.17) is 10.8 Å². The number of aromatic nitrogens is 1. The number of pyridine rings is 1. The molecular weight excluding hydrogens is 338 g/mol. The molecule has 0 spiro atoms. The van der Waals surface area contributed by atoms with Crippen LogP contribution < -0.4 is 5.73 Å². The summed E-state index contributed by atoms with van der Waals surface area (Å²) < 4.78 is 0. The van der Waals surface area contributed by atoms with Gasteiger partial charge in [-0.3, -0.25) is 4.79 Å². The van der Waals surface area contributed by atoms with Crippen LogP contribution in [0.3, 0.4) is 0 Å². The molecule has 6 nitrogen and oxygen atoms in total. The van der Waals surface area contributed by atoms with Crippen LogP contribution in [-0.4, -0.2) is 21.2 Å². The number of benzene rings is 1. The predicted molar refractivity (Wildman–Crippen MR) is 95.1 cm³/mol. The van der Waals surface area contributed by atoms with Crippen molar-refractivity contribution in [2.75, 3.05) is 5.73 Å². The van der Waals surface area contributed by atoms with E-state index in [-0.39, 0.29) is 23.6 Å². The minimum Gasteiger partial charge on any atom is -0.508 e. The summed E-state index contributed by atoms with van der Waals surface area (Å²) in [6.45, 7) is 0. The highest BCUT2D eigenvalue weighted by atomic mass is 32.1. The lowest BCUT2D eigenvalue weighted by Crippen LogP contribution is -1.99. The first-order valence-corrected chi connectivity index (χ1v) is 8.15. The second kappa shape index (κ2) is 6.63. The molecule has 0 fully saturated rings. The highest BCUT2D eigenvalue weighted by molar-refractivity contribution is 7.13. The first-order valence-electron chi connectivity index (χ1n) is 7.27. The van der Waals surface area contributed by atoms with E-state index < -0.39 is 5.97 Å². The van der Waals surface area contributed by atoms with E-state index in [0.717, 1.165) is 10.4 Å².